The van der Waals surface area contributed by atoms with Crippen molar-refractivity contribution >= 4 is 0 Å². The Morgan fingerprint density at radius 2 is 1.58 bits per heavy atom. The van der Waals surface area contributed by atoms with Crippen LogP contribution in [0.15, 0.2) is 0 Å². The second kappa shape index (κ2) is 6.44. The van der Waals surface area contributed by atoms with E-state index in [0.717, 1.165) is 12.8 Å². The van der Waals surface area contributed by atoms with E-state index in [0.29, 0.717) is 32.0 Å². The van der Waals surface area contributed by atoms with Gasteiger partial charge >= 0.3 is 6.18 Å². The summed E-state index contributed by atoms with van der Waals surface area (Å²) in [5.74, 6) is -0.533. The maximum absolute atomic E-state index is 12.6. The van der Waals surface area contributed by atoms with E-state index in [-0.39, 0.29) is 25.0 Å². The molecule has 0 spiro atoms. The fraction of sp³-hybridized carbons (Fsp3) is 1.00. The first-order valence-electron chi connectivity index (χ1n) is 7.30. The van der Waals surface area contributed by atoms with Crippen LogP contribution in [0, 0.1) is 17.8 Å². The van der Waals surface area contributed by atoms with Gasteiger partial charge < -0.3 is 9.47 Å². The molecule has 2 rings (SSSR count). The van der Waals surface area contributed by atoms with Crippen molar-refractivity contribution in [1.82, 2.24) is 0 Å². The molecule has 1 aliphatic heterocycles. The summed E-state index contributed by atoms with van der Waals surface area (Å²) in [6.07, 6.45) is -0.550. The molecule has 0 atom stereocenters. The van der Waals surface area contributed by atoms with E-state index in [1.807, 2.05) is 0 Å². The van der Waals surface area contributed by atoms with E-state index in [1.165, 1.54) is 0 Å². The van der Waals surface area contributed by atoms with Gasteiger partial charge in [-0.15, -0.1) is 0 Å². The molecule has 1 aliphatic carbocycles. The number of hydrogen-bond acceptors (Lipinski definition) is 2. The molecule has 0 radical (unpaired) electrons. The molecule has 2 fully saturated rings. The molecule has 1 heterocycles. The summed E-state index contributed by atoms with van der Waals surface area (Å²) in [7, 11) is 0. The Kier molecular flexibility index (Phi) is 5.12. The van der Waals surface area contributed by atoms with Gasteiger partial charge in [0.2, 0.25) is 0 Å². The number of ether oxygens (including phenoxy) is 2. The number of hydrogen-bond donors (Lipinski definition) is 0. The van der Waals surface area contributed by atoms with Gasteiger partial charge in [-0.1, -0.05) is 13.3 Å². The fourth-order valence-corrected chi connectivity index (χ4v) is 3.12. The van der Waals surface area contributed by atoms with Crippen molar-refractivity contribution in [3.05, 3.63) is 0 Å². The van der Waals surface area contributed by atoms with Crippen LogP contribution < -0.4 is 0 Å². The molecule has 1 saturated heterocycles. The summed E-state index contributed by atoms with van der Waals surface area (Å²) in [4.78, 5) is 0. The highest BCUT2D eigenvalue weighted by atomic mass is 19.4. The largest absolute Gasteiger partial charge is 0.391 e. The highest BCUT2D eigenvalue weighted by Crippen LogP contribution is 2.41. The third-order valence-electron chi connectivity index (χ3n) is 4.31. The molecule has 1 saturated carbocycles. The molecule has 0 unspecified atom stereocenters. The minimum Gasteiger partial charge on any atom is -0.352 e. The van der Waals surface area contributed by atoms with Crippen molar-refractivity contribution in [2.45, 2.75) is 57.9 Å². The Morgan fingerprint density at radius 1 is 1.00 bits per heavy atom. The van der Waals surface area contributed by atoms with Gasteiger partial charge in [0, 0.05) is 11.8 Å². The maximum atomic E-state index is 12.6. The molecular weight excluding hydrogens is 257 g/mol. The van der Waals surface area contributed by atoms with Gasteiger partial charge in [-0.3, -0.25) is 0 Å². The number of alkyl halides is 3. The fourth-order valence-electron chi connectivity index (χ4n) is 3.12. The number of halogens is 3. The molecule has 0 bridgehead atoms. The topological polar surface area (TPSA) is 18.5 Å². The minimum atomic E-state index is -4.04. The van der Waals surface area contributed by atoms with Crippen LogP contribution in [-0.4, -0.2) is 25.7 Å². The molecule has 2 nitrogen and oxygen atoms in total. The van der Waals surface area contributed by atoms with Crippen molar-refractivity contribution < 1.29 is 22.6 Å². The third-order valence-corrected chi connectivity index (χ3v) is 4.31. The Bertz CT molecular complexity index is 264. The van der Waals surface area contributed by atoms with Crippen LogP contribution in [0.1, 0.15) is 45.4 Å². The standard InChI is InChI=1S/C14H23F3O2/c1-2-3-10-8-18-13(19-9-10)11-4-6-12(7-5-11)14(15,16)17/h10-13H,2-9H2,1H3. The minimum absolute atomic E-state index is 0.140. The Balaban J connectivity index is 1.74. The molecule has 112 valence electrons. The van der Waals surface area contributed by atoms with Crippen LogP contribution in [-0.2, 0) is 9.47 Å². The summed E-state index contributed by atoms with van der Waals surface area (Å²) in [5.41, 5.74) is 0. The summed E-state index contributed by atoms with van der Waals surface area (Å²) in [6.45, 7) is 3.51. The smallest absolute Gasteiger partial charge is 0.352 e. The van der Waals surface area contributed by atoms with E-state index in [4.69, 9.17) is 9.47 Å². The average Bonchev–Trinajstić information content (AvgIpc) is 2.39. The van der Waals surface area contributed by atoms with E-state index in [9.17, 15) is 13.2 Å². The van der Waals surface area contributed by atoms with Gasteiger partial charge in [0.05, 0.1) is 19.1 Å². The first kappa shape index (κ1) is 15.1. The van der Waals surface area contributed by atoms with Crippen LogP contribution in [0.25, 0.3) is 0 Å². The molecule has 2 aliphatic rings. The van der Waals surface area contributed by atoms with Crippen molar-refractivity contribution in [2.75, 3.05) is 13.2 Å². The molecule has 0 aromatic rings. The predicted octanol–water partition coefficient (Wildman–Crippen LogP) is 4.14. The van der Waals surface area contributed by atoms with Gasteiger partial charge in [0.15, 0.2) is 6.29 Å². The summed E-state index contributed by atoms with van der Waals surface area (Å²) in [5, 5.41) is 0. The van der Waals surface area contributed by atoms with E-state index >= 15 is 0 Å². The highest BCUT2D eigenvalue weighted by molar-refractivity contribution is 4.80. The quantitative estimate of drug-likeness (QED) is 0.773. The molecular formula is C14H23F3O2. The lowest BCUT2D eigenvalue weighted by Gasteiger charge is -2.37. The average molecular weight is 280 g/mol. The summed E-state index contributed by atoms with van der Waals surface area (Å²) in [6, 6.07) is 0. The molecule has 0 aromatic carbocycles. The molecule has 5 heteroatoms. The number of rotatable bonds is 3. The normalized spacial score (nSPS) is 37.3. The van der Waals surface area contributed by atoms with Crippen molar-refractivity contribution in [3.63, 3.8) is 0 Å². The monoisotopic (exact) mass is 280 g/mol. The third kappa shape index (κ3) is 4.09. The van der Waals surface area contributed by atoms with Crippen molar-refractivity contribution in [2.24, 2.45) is 17.8 Å². The first-order valence-corrected chi connectivity index (χ1v) is 7.30. The highest BCUT2D eigenvalue weighted by Gasteiger charge is 2.43. The van der Waals surface area contributed by atoms with E-state index in [1.54, 1.807) is 0 Å². The second-order valence-electron chi connectivity index (χ2n) is 5.84. The van der Waals surface area contributed by atoms with Crippen LogP contribution in [0.5, 0.6) is 0 Å². The summed E-state index contributed by atoms with van der Waals surface area (Å²) < 4.78 is 49.2. The van der Waals surface area contributed by atoms with Gasteiger partial charge in [-0.2, -0.15) is 13.2 Å². The van der Waals surface area contributed by atoms with Gasteiger partial charge in [-0.25, -0.2) is 0 Å². The maximum Gasteiger partial charge on any atom is 0.391 e. The first-order chi connectivity index (χ1) is 9.00. The molecule has 19 heavy (non-hydrogen) atoms. The lowest BCUT2D eigenvalue weighted by molar-refractivity contribution is -0.238. The molecule has 0 N–H and O–H groups in total. The Morgan fingerprint density at radius 3 is 2.05 bits per heavy atom. The van der Waals surface area contributed by atoms with Crippen LogP contribution in [0.2, 0.25) is 0 Å². The van der Waals surface area contributed by atoms with E-state index in [2.05, 4.69) is 6.92 Å². The van der Waals surface area contributed by atoms with E-state index < -0.39 is 12.1 Å². The Hall–Kier alpha value is -0.290. The summed E-state index contributed by atoms with van der Waals surface area (Å²) >= 11 is 0. The van der Waals surface area contributed by atoms with Crippen LogP contribution in [0.4, 0.5) is 13.2 Å². The van der Waals surface area contributed by atoms with Crippen molar-refractivity contribution in [1.29, 1.82) is 0 Å². The van der Waals surface area contributed by atoms with Crippen molar-refractivity contribution in [3.8, 4) is 0 Å². The molecule has 0 aromatic heterocycles. The van der Waals surface area contributed by atoms with Crippen LogP contribution >= 0.6 is 0 Å². The van der Waals surface area contributed by atoms with Gasteiger partial charge in [0.25, 0.3) is 0 Å². The molecule has 0 amide bonds. The Labute approximate surface area is 112 Å². The SMILES string of the molecule is CCCC1COC(C2CCC(C(F)(F)F)CC2)OC1. The van der Waals surface area contributed by atoms with Gasteiger partial charge in [0.1, 0.15) is 0 Å². The lowest BCUT2D eigenvalue weighted by Crippen LogP contribution is -2.39. The second-order valence-corrected chi connectivity index (χ2v) is 5.84. The zero-order valence-electron chi connectivity index (χ0n) is 11.4. The zero-order valence-corrected chi connectivity index (χ0v) is 11.4. The van der Waals surface area contributed by atoms with Gasteiger partial charge in [-0.05, 0) is 32.1 Å². The lowest BCUT2D eigenvalue weighted by atomic mass is 9.81. The predicted molar refractivity (Wildman–Crippen MR) is 65.6 cm³/mol. The van der Waals surface area contributed by atoms with Crippen LogP contribution in [0.3, 0.4) is 0 Å². The zero-order chi connectivity index (χ0) is 13.9.